The smallest absolute Gasteiger partial charge is 0.0430 e. The number of thiophene rings is 1. The van der Waals surface area contributed by atoms with E-state index in [1.807, 2.05) is 17.4 Å². The van der Waals surface area contributed by atoms with Crippen LogP contribution in [0.1, 0.15) is 11.1 Å². The summed E-state index contributed by atoms with van der Waals surface area (Å²) in [4.78, 5) is 1.32. The fourth-order valence-electron chi connectivity index (χ4n) is 2.30. The van der Waals surface area contributed by atoms with Crippen LogP contribution in [-0.2, 0) is 0 Å². The van der Waals surface area contributed by atoms with Crippen LogP contribution < -0.4 is 0 Å². The third kappa shape index (κ3) is 1.68. The molecule has 0 saturated carbocycles. The standard InChI is InChI=1S/C17H14S/c1-3-13-15-10-6-7-11-16(15)18-17(13)14-9-5-4-8-12(14)2/h3-11H,1H2,2H3. The maximum absolute atomic E-state index is 3.98. The molecule has 0 N–H and O–H groups in total. The van der Waals surface area contributed by atoms with Crippen molar-refractivity contribution in [3.05, 3.63) is 66.2 Å². The molecule has 0 atom stereocenters. The Labute approximate surface area is 111 Å². The van der Waals surface area contributed by atoms with Gasteiger partial charge in [0.2, 0.25) is 0 Å². The summed E-state index contributed by atoms with van der Waals surface area (Å²) < 4.78 is 1.32. The lowest BCUT2D eigenvalue weighted by Gasteiger charge is -2.04. The molecule has 2 aromatic carbocycles. The summed E-state index contributed by atoms with van der Waals surface area (Å²) in [7, 11) is 0. The van der Waals surface area contributed by atoms with Gasteiger partial charge in [-0.3, -0.25) is 0 Å². The minimum Gasteiger partial charge on any atom is -0.135 e. The molecule has 0 aliphatic rings. The third-order valence-corrected chi connectivity index (χ3v) is 4.45. The molecule has 18 heavy (non-hydrogen) atoms. The van der Waals surface area contributed by atoms with Gasteiger partial charge in [0.05, 0.1) is 0 Å². The average Bonchev–Trinajstić information content (AvgIpc) is 2.77. The van der Waals surface area contributed by atoms with Crippen LogP contribution in [-0.4, -0.2) is 0 Å². The molecule has 0 radical (unpaired) electrons. The summed E-state index contributed by atoms with van der Waals surface area (Å²) in [5, 5.41) is 1.30. The van der Waals surface area contributed by atoms with E-state index in [9.17, 15) is 0 Å². The normalized spacial score (nSPS) is 10.7. The molecular weight excluding hydrogens is 236 g/mol. The van der Waals surface area contributed by atoms with Gasteiger partial charge < -0.3 is 0 Å². The highest BCUT2D eigenvalue weighted by molar-refractivity contribution is 7.22. The van der Waals surface area contributed by atoms with Crippen molar-refractivity contribution in [3.8, 4) is 10.4 Å². The Morgan fingerprint density at radius 1 is 1.00 bits per heavy atom. The van der Waals surface area contributed by atoms with E-state index in [4.69, 9.17) is 0 Å². The van der Waals surface area contributed by atoms with Crippen LogP contribution in [0.2, 0.25) is 0 Å². The van der Waals surface area contributed by atoms with Crippen molar-refractivity contribution in [1.29, 1.82) is 0 Å². The number of fused-ring (bicyclic) bond motifs is 1. The summed E-state index contributed by atoms with van der Waals surface area (Å²) >= 11 is 1.84. The lowest BCUT2D eigenvalue weighted by molar-refractivity contribution is 1.48. The van der Waals surface area contributed by atoms with Gasteiger partial charge in [-0.05, 0) is 24.1 Å². The van der Waals surface area contributed by atoms with Gasteiger partial charge in [-0.25, -0.2) is 0 Å². The van der Waals surface area contributed by atoms with Crippen LogP contribution in [0.5, 0.6) is 0 Å². The van der Waals surface area contributed by atoms with Crippen LogP contribution in [0.25, 0.3) is 26.6 Å². The largest absolute Gasteiger partial charge is 0.135 e. The van der Waals surface area contributed by atoms with Gasteiger partial charge in [-0.2, -0.15) is 0 Å². The van der Waals surface area contributed by atoms with Crippen molar-refractivity contribution in [2.45, 2.75) is 6.92 Å². The Morgan fingerprint density at radius 2 is 1.72 bits per heavy atom. The minimum absolute atomic E-state index is 1.25. The predicted molar refractivity (Wildman–Crippen MR) is 82.1 cm³/mol. The fourth-order valence-corrected chi connectivity index (χ4v) is 3.59. The van der Waals surface area contributed by atoms with Crippen molar-refractivity contribution < 1.29 is 0 Å². The second-order valence-electron chi connectivity index (χ2n) is 4.36. The average molecular weight is 250 g/mol. The molecule has 0 bridgehead atoms. The molecule has 3 aromatic rings. The van der Waals surface area contributed by atoms with E-state index < -0.39 is 0 Å². The molecule has 0 fully saturated rings. The van der Waals surface area contributed by atoms with Gasteiger partial charge in [-0.15, -0.1) is 11.3 Å². The molecule has 1 heterocycles. The number of aryl methyl sites for hydroxylation is 1. The first-order chi connectivity index (χ1) is 8.81. The van der Waals surface area contributed by atoms with Gasteiger partial charge in [0.15, 0.2) is 0 Å². The first-order valence-corrected chi connectivity index (χ1v) is 6.83. The molecule has 0 saturated heterocycles. The highest BCUT2D eigenvalue weighted by Crippen LogP contribution is 2.40. The van der Waals surface area contributed by atoms with Crippen molar-refractivity contribution in [2.24, 2.45) is 0 Å². The minimum atomic E-state index is 1.25. The number of benzene rings is 2. The molecule has 0 unspecified atom stereocenters. The van der Waals surface area contributed by atoms with Gasteiger partial charge in [0.25, 0.3) is 0 Å². The topological polar surface area (TPSA) is 0 Å². The van der Waals surface area contributed by atoms with Crippen LogP contribution in [0.15, 0.2) is 55.1 Å². The molecule has 3 rings (SSSR count). The molecule has 0 nitrogen and oxygen atoms in total. The highest BCUT2D eigenvalue weighted by atomic mass is 32.1. The Balaban J connectivity index is 2.36. The second-order valence-corrected chi connectivity index (χ2v) is 5.41. The first-order valence-electron chi connectivity index (χ1n) is 6.01. The SMILES string of the molecule is C=Cc1c(-c2ccccc2C)sc2ccccc12. The Bertz CT molecular complexity index is 719. The Kier molecular flexibility index (Phi) is 2.77. The van der Waals surface area contributed by atoms with Crippen LogP contribution in [0.4, 0.5) is 0 Å². The third-order valence-electron chi connectivity index (χ3n) is 3.23. The van der Waals surface area contributed by atoms with Gasteiger partial charge in [-0.1, -0.05) is 55.1 Å². The molecule has 0 aliphatic heterocycles. The Hall–Kier alpha value is -1.86. The van der Waals surface area contributed by atoms with E-state index in [1.54, 1.807) is 0 Å². The van der Waals surface area contributed by atoms with Crippen molar-refractivity contribution in [3.63, 3.8) is 0 Å². The van der Waals surface area contributed by atoms with Crippen molar-refractivity contribution >= 4 is 27.5 Å². The van der Waals surface area contributed by atoms with E-state index in [0.717, 1.165) is 0 Å². The molecule has 0 spiro atoms. The van der Waals surface area contributed by atoms with Crippen LogP contribution in [0, 0.1) is 6.92 Å². The Morgan fingerprint density at radius 3 is 2.50 bits per heavy atom. The highest BCUT2D eigenvalue weighted by Gasteiger charge is 2.12. The summed E-state index contributed by atoms with van der Waals surface area (Å²) in [6.45, 7) is 6.14. The number of rotatable bonds is 2. The van der Waals surface area contributed by atoms with E-state index in [0.29, 0.717) is 0 Å². The van der Waals surface area contributed by atoms with Gasteiger partial charge in [0, 0.05) is 20.5 Å². The quantitative estimate of drug-likeness (QED) is 0.561. The van der Waals surface area contributed by atoms with Gasteiger partial charge >= 0.3 is 0 Å². The fraction of sp³-hybridized carbons (Fsp3) is 0.0588. The van der Waals surface area contributed by atoms with Gasteiger partial charge in [0.1, 0.15) is 0 Å². The van der Waals surface area contributed by atoms with Crippen molar-refractivity contribution in [1.82, 2.24) is 0 Å². The zero-order chi connectivity index (χ0) is 12.5. The second kappa shape index (κ2) is 4.43. The van der Waals surface area contributed by atoms with E-state index in [1.165, 1.54) is 31.7 Å². The first kappa shape index (κ1) is 11.2. The lowest BCUT2D eigenvalue weighted by Crippen LogP contribution is -1.81. The summed E-state index contributed by atoms with van der Waals surface area (Å²) in [6, 6.07) is 17.1. The van der Waals surface area contributed by atoms with E-state index in [-0.39, 0.29) is 0 Å². The maximum atomic E-state index is 3.98. The molecule has 1 aromatic heterocycles. The molecule has 88 valence electrons. The number of hydrogen-bond acceptors (Lipinski definition) is 1. The monoisotopic (exact) mass is 250 g/mol. The predicted octanol–water partition coefficient (Wildman–Crippen LogP) is 5.52. The maximum Gasteiger partial charge on any atom is 0.0430 e. The zero-order valence-electron chi connectivity index (χ0n) is 10.3. The lowest BCUT2D eigenvalue weighted by atomic mass is 10.0. The van der Waals surface area contributed by atoms with Crippen molar-refractivity contribution in [2.75, 3.05) is 0 Å². The zero-order valence-corrected chi connectivity index (χ0v) is 11.1. The van der Waals surface area contributed by atoms with E-state index >= 15 is 0 Å². The van der Waals surface area contributed by atoms with Crippen LogP contribution in [0.3, 0.4) is 0 Å². The number of hydrogen-bond donors (Lipinski definition) is 0. The molecule has 1 heteroatoms. The van der Waals surface area contributed by atoms with Crippen LogP contribution >= 0.6 is 11.3 Å². The van der Waals surface area contributed by atoms with E-state index in [2.05, 4.69) is 62.0 Å². The molecule has 0 amide bonds. The summed E-state index contributed by atoms with van der Waals surface area (Å²) in [5.41, 5.74) is 3.88. The summed E-state index contributed by atoms with van der Waals surface area (Å²) in [5.74, 6) is 0. The molecule has 0 aliphatic carbocycles. The molecular formula is C17H14S. The summed E-state index contributed by atoms with van der Waals surface area (Å²) in [6.07, 6.45) is 1.97.